The van der Waals surface area contributed by atoms with E-state index in [0.29, 0.717) is 17.6 Å². The largest absolute Gasteiger partial charge is 0.289 e. The van der Waals surface area contributed by atoms with Crippen molar-refractivity contribution >= 4 is 23.6 Å². The van der Waals surface area contributed by atoms with Crippen LogP contribution in [0, 0.1) is 0 Å². The summed E-state index contributed by atoms with van der Waals surface area (Å²) >= 11 is 1.56. The van der Waals surface area contributed by atoms with Crippen molar-refractivity contribution in [3.8, 4) is 0 Å². The number of hydrogen-bond donors (Lipinski definition) is 0. The van der Waals surface area contributed by atoms with Crippen LogP contribution in [-0.4, -0.2) is 17.2 Å². The van der Waals surface area contributed by atoms with E-state index in [1.807, 2.05) is 23.6 Å². The van der Waals surface area contributed by atoms with Crippen LogP contribution >= 0.6 is 11.8 Å². The summed E-state index contributed by atoms with van der Waals surface area (Å²) in [4.78, 5) is 12.7. The first-order valence-electron chi connectivity index (χ1n) is 7.44. The minimum Gasteiger partial charge on any atom is -0.289 e. The average Bonchev–Trinajstić information content (AvgIpc) is 2.96. The zero-order valence-corrected chi connectivity index (χ0v) is 13.5. The molecule has 0 saturated carbocycles. The van der Waals surface area contributed by atoms with Gasteiger partial charge in [0.2, 0.25) is 0 Å². The second-order valence-electron chi connectivity index (χ2n) is 5.54. The number of carbonyl (C=O) groups excluding carboxylic acids is 1. The lowest BCUT2D eigenvalue weighted by molar-refractivity contribution is 0.103. The highest BCUT2D eigenvalue weighted by molar-refractivity contribution is 8.03. The van der Waals surface area contributed by atoms with E-state index >= 15 is 0 Å². The molecule has 0 fully saturated rings. The Kier molecular flexibility index (Phi) is 4.49. The van der Waals surface area contributed by atoms with Gasteiger partial charge >= 0.3 is 0 Å². The highest BCUT2D eigenvalue weighted by atomic mass is 32.2. The molecule has 3 heteroatoms. The van der Waals surface area contributed by atoms with Gasteiger partial charge in [-0.3, -0.25) is 4.79 Å². The summed E-state index contributed by atoms with van der Waals surface area (Å²) in [5.74, 6) is -0.0237. The quantitative estimate of drug-likeness (QED) is 0.700. The summed E-state index contributed by atoms with van der Waals surface area (Å²) in [5.41, 5.74) is 4.08. The molecule has 23 heavy (non-hydrogen) atoms. The van der Waals surface area contributed by atoms with E-state index in [0.717, 1.165) is 16.7 Å². The molecule has 0 bridgehead atoms. The highest BCUT2D eigenvalue weighted by Gasteiger charge is 2.29. The number of allylic oxidation sites excluding steroid dienone is 4. The Morgan fingerprint density at radius 3 is 2.65 bits per heavy atom. The van der Waals surface area contributed by atoms with Gasteiger partial charge in [-0.1, -0.05) is 61.7 Å². The second kappa shape index (κ2) is 6.55. The van der Waals surface area contributed by atoms with Crippen LogP contribution in [0.2, 0.25) is 0 Å². The molecule has 1 aliphatic heterocycles. The fraction of sp³-hybridized carbons (Fsp3) is 0.150. The van der Waals surface area contributed by atoms with Crippen LogP contribution in [0.15, 0.2) is 77.8 Å². The lowest BCUT2D eigenvalue weighted by Crippen LogP contribution is -2.12. The normalized spacial score (nSPS) is 23.4. The summed E-state index contributed by atoms with van der Waals surface area (Å²) in [6, 6.07) is 7.35. The second-order valence-corrected chi connectivity index (χ2v) is 6.52. The Bertz CT molecular complexity index is 752. The fourth-order valence-electron chi connectivity index (χ4n) is 2.65. The number of ketones is 1. The lowest BCUT2D eigenvalue weighted by atomic mass is 9.92. The van der Waals surface area contributed by atoms with Crippen molar-refractivity contribution in [2.45, 2.75) is 17.8 Å². The van der Waals surface area contributed by atoms with Gasteiger partial charge in [-0.05, 0) is 22.1 Å². The molecular weight excluding hydrogens is 307 g/mol. The number of halogens is 1. The van der Waals surface area contributed by atoms with Crippen LogP contribution in [0.5, 0.6) is 0 Å². The topological polar surface area (TPSA) is 17.1 Å². The molecule has 1 aliphatic carbocycles. The van der Waals surface area contributed by atoms with Gasteiger partial charge in [0.25, 0.3) is 0 Å². The molecule has 0 saturated heterocycles. The Morgan fingerprint density at radius 2 is 2.04 bits per heavy atom. The maximum absolute atomic E-state index is 13.2. The highest BCUT2D eigenvalue weighted by Crippen LogP contribution is 2.41. The fourth-order valence-corrected chi connectivity index (χ4v) is 3.80. The average molecular weight is 324 g/mol. The van der Waals surface area contributed by atoms with Gasteiger partial charge in [-0.15, -0.1) is 11.8 Å². The van der Waals surface area contributed by atoms with E-state index < -0.39 is 6.17 Å². The van der Waals surface area contributed by atoms with E-state index in [1.165, 1.54) is 0 Å². The molecule has 1 heterocycles. The van der Waals surface area contributed by atoms with E-state index in [2.05, 4.69) is 13.2 Å². The molecule has 0 spiro atoms. The minimum absolute atomic E-state index is 0.00477. The molecule has 2 atom stereocenters. The molecule has 1 aromatic rings. The van der Waals surface area contributed by atoms with Gasteiger partial charge < -0.3 is 0 Å². The first-order valence-corrected chi connectivity index (χ1v) is 8.38. The number of rotatable bonds is 4. The van der Waals surface area contributed by atoms with E-state index in [-0.39, 0.29) is 11.0 Å². The molecule has 0 radical (unpaired) electrons. The summed E-state index contributed by atoms with van der Waals surface area (Å²) in [7, 11) is 0. The van der Waals surface area contributed by atoms with Crippen molar-refractivity contribution in [3.05, 3.63) is 88.9 Å². The molecule has 0 aromatic heterocycles. The summed E-state index contributed by atoms with van der Waals surface area (Å²) < 4.78 is 13.2. The van der Waals surface area contributed by atoms with Gasteiger partial charge in [0.1, 0.15) is 6.17 Å². The molecule has 0 amide bonds. The van der Waals surface area contributed by atoms with Gasteiger partial charge in [0.15, 0.2) is 5.78 Å². The Labute approximate surface area is 140 Å². The van der Waals surface area contributed by atoms with Crippen LogP contribution in [-0.2, 0) is 0 Å². The van der Waals surface area contributed by atoms with Crippen LogP contribution in [0.25, 0.3) is 6.08 Å². The third-order valence-corrected chi connectivity index (χ3v) is 5.22. The van der Waals surface area contributed by atoms with E-state index in [9.17, 15) is 9.18 Å². The first kappa shape index (κ1) is 15.8. The summed E-state index contributed by atoms with van der Waals surface area (Å²) in [6.45, 7) is 7.81. The third-order valence-electron chi connectivity index (χ3n) is 4.02. The standard InChI is InChI=1S/C20H17FOS/c1-3-14-4-6-15(7-5-14)19(22)18-12-23-20(13(18)2)16-8-10-17(21)11-9-16/h3-10,12,17,20H,1-2,11H2. The molecule has 1 aromatic carbocycles. The predicted octanol–water partition coefficient (Wildman–Crippen LogP) is 5.29. The number of thioether (sulfide) groups is 1. The lowest BCUT2D eigenvalue weighted by Gasteiger charge is -2.17. The summed E-state index contributed by atoms with van der Waals surface area (Å²) in [6.07, 6.45) is 6.49. The zero-order valence-electron chi connectivity index (χ0n) is 12.7. The Hall–Kier alpha value is -2.13. The van der Waals surface area contributed by atoms with Crippen molar-refractivity contribution in [2.75, 3.05) is 0 Å². The van der Waals surface area contributed by atoms with Crippen LogP contribution < -0.4 is 0 Å². The molecule has 2 aliphatic rings. The number of Topliss-reactive ketones (excluding diaryl/α,β-unsaturated/α-hetero) is 1. The maximum Gasteiger partial charge on any atom is 0.193 e. The van der Waals surface area contributed by atoms with Gasteiger partial charge in [0, 0.05) is 17.6 Å². The monoisotopic (exact) mass is 324 g/mol. The van der Waals surface area contributed by atoms with Crippen molar-refractivity contribution in [1.29, 1.82) is 0 Å². The Morgan fingerprint density at radius 1 is 1.30 bits per heavy atom. The van der Waals surface area contributed by atoms with Gasteiger partial charge in [-0.25, -0.2) is 4.39 Å². The molecule has 0 N–H and O–H groups in total. The van der Waals surface area contributed by atoms with Crippen LogP contribution in [0.4, 0.5) is 4.39 Å². The van der Waals surface area contributed by atoms with Crippen molar-refractivity contribution in [3.63, 3.8) is 0 Å². The van der Waals surface area contributed by atoms with Crippen molar-refractivity contribution in [2.24, 2.45) is 0 Å². The molecule has 1 nitrogen and oxygen atoms in total. The maximum atomic E-state index is 13.2. The zero-order chi connectivity index (χ0) is 16.4. The molecular formula is C20H17FOS. The van der Waals surface area contributed by atoms with E-state index in [1.54, 1.807) is 42.1 Å². The number of alkyl halides is 1. The first-order chi connectivity index (χ1) is 11.1. The predicted molar refractivity (Wildman–Crippen MR) is 96.2 cm³/mol. The van der Waals surface area contributed by atoms with E-state index in [4.69, 9.17) is 0 Å². The molecule has 2 unspecified atom stereocenters. The Balaban J connectivity index is 1.77. The van der Waals surface area contributed by atoms with Gasteiger partial charge in [-0.2, -0.15) is 0 Å². The van der Waals surface area contributed by atoms with Crippen LogP contribution in [0.1, 0.15) is 22.3 Å². The summed E-state index contributed by atoms with van der Waals surface area (Å²) in [5, 5.41) is 1.87. The van der Waals surface area contributed by atoms with Crippen molar-refractivity contribution in [1.82, 2.24) is 0 Å². The molecule has 116 valence electrons. The van der Waals surface area contributed by atoms with Crippen LogP contribution in [0.3, 0.4) is 0 Å². The third kappa shape index (κ3) is 3.15. The van der Waals surface area contributed by atoms with Crippen molar-refractivity contribution < 1.29 is 9.18 Å². The van der Waals surface area contributed by atoms with Gasteiger partial charge in [0.05, 0.1) is 5.25 Å². The minimum atomic E-state index is -0.907. The molecule has 3 rings (SSSR count). The number of benzene rings is 1. The number of carbonyl (C=O) groups is 1. The SMILES string of the molecule is C=Cc1ccc(C(=O)C2=CSC(C3=CCC(F)C=C3)C2=C)cc1. The smallest absolute Gasteiger partial charge is 0.193 e. The number of hydrogen-bond acceptors (Lipinski definition) is 2.